The molecule has 0 bridgehead atoms. The summed E-state index contributed by atoms with van der Waals surface area (Å²) in [6, 6.07) is 5.60. The number of halogens is 2. The molecule has 2 N–H and O–H groups in total. The topological polar surface area (TPSA) is 48.4 Å². The molecule has 3 nitrogen and oxygen atoms in total. The number of fused-ring (bicyclic) bond motifs is 1. The predicted molar refractivity (Wildman–Crippen MR) is 79.1 cm³/mol. The molecule has 2 aromatic rings. The van der Waals surface area contributed by atoms with Crippen molar-refractivity contribution in [1.82, 2.24) is 0 Å². The molecular formula is C15H17ClFNO2. The highest BCUT2D eigenvalue weighted by atomic mass is 35.5. The summed E-state index contributed by atoms with van der Waals surface area (Å²) in [6.07, 6.45) is 2.71. The standard InChI is InChI=1S/C15H16FNO2.ClH/c1-9(16)8-19-14-3-2-13-11(4-5-18-13)15(14)12-6-10(12)7-17;/h2-5,10,12H,1,6-8,17H2;1H/t10-,12+;/m0./s1. The minimum absolute atomic E-state index is 0. The lowest BCUT2D eigenvalue weighted by molar-refractivity contribution is 0.317. The summed E-state index contributed by atoms with van der Waals surface area (Å²) in [5.74, 6) is 1.09. The maximum Gasteiger partial charge on any atom is 0.139 e. The third kappa shape index (κ3) is 2.67. The molecule has 108 valence electrons. The normalized spacial score (nSPS) is 20.5. The first-order chi connectivity index (χ1) is 9.20. The summed E-state index contributed by atoms with van der Waals surface area (Å²) in [7, 11) is 0. The lowest BCUT2D eigenvalue weighted by Crippen LogP contribution is -2.04. The second-order valence-electron chi connectivity index (χ2n) is 4.95. The Morgan fingerprint density at radius 2 is 2.25 bits per heavy atom. The van der Waals surface area contributed by atoms with E-state index in [0.29, 0.717) is 24.1 Å². The van der Waals surface area contributed by atoms with Crippen molar-refractivity contribution in [2.45, 2.75) is 12.3 Å². The van der Waals surface area contributed by atoms with Gasteiger partial charge in [-0.15, -0.1) is 12.4 Å². The van der Waals surface area contributed by atoms with Crippen LogP contribution in [0.3, 0.4) is 0 Å². The molecule has 2 atom stereocenters. The Balaban J connectivity index is 0.00000147. The zero-order valence-corrected chi connectivity index (χ0v) is 11.8. The van der Waals surface area contributed by atoms with Gasteiger partial charge < -0.3 is 14.9 Å². The van der Waals surface area contributed by atoms with Crippen molar-refractivity contribution in [3.05, 3.63) is 42.4 Å². The number of furan rings is 1. The molecule has 0 radical (unpaired) electrons. The number of rotatable bonds is 5. The average molecular weight is 298 g/mol. The molecule has 1 aromatic heterocycles. The van der Waals surface area contributed by atoms with Crippen LogP contribution in [0.1, 0.15) is 17.9 Å². The molecule has 1 saturated carbocycles. The molecular weight excluding hydrogens is 281 g/mol. The quantitative estimate of drug-likeness (QED) is 0.913. The maximum atomic E-state index is 12.8. The van der Waals surface area contributed by atoms with Crippen LogP contribution in [0, 0.1) is 5.92 Å². The number of ether oxygens (including phenoxy) is 1. The summed E-state index contributed by atoms with van der Waals surface area (Å²) < 4.78 is 23.7. The van der Waals surface area contributed by atoms with Gasteiger partial charge in [-0.2, -0.15) is 0 Å². The van der Waals surface area contributed by atoms with Gasteiger partial charge in [0.15, 0.2) is 0 Å². The second-order valence-corrected chi connectivity index (χ2v) is 4.95. The molecule has 0 saturated heterocycles. The van der Waals surface area contributed by atoms with Gasteiger partial charge in [-0.1, -0.05) is 6.58 Å². The van der Waals surface area contributed by atoms with E-state index in [2.05, 4.69) is 6.58 Å². The van der Waals surface area contributed by atoms with Gasteiger partial charge in [0.05, 0.1) is 6.26 Å². The van der Waals surface area contributed by atoms with E-state index in [1.54, 1.807) is 6.26 Å². The highest BCUT2D eigenvalue weighted by molar-refractivity contribution is 5.85. The van der Waals surface area contributed by atoms with Crippen LogP contribution < -0.4 is 10.5 Å². The van der Waals surface area contributed by atoms with E-state index < -0.39 is 5.83 Å². The fourth-order valence-corrected chi connectivity index (χ4v) is 2.57. The van der Waals surface area contributed by atoms with Gasteiger partial charge in [0.25, 0.3) is 0 Å². The van der Waals surface area contributed by atoms with Crippen LogP contribution in [0.5, 0.6) is 5.75 Å². The van der Waals surface area contributed by atoms with Gasteiger partial charge in [0, 0.05) is 10.9 Å². The molecule has 20 heavy (non-hydrogen) atoms. The third-order valence-corrected chi connectivity index (χ3v) is 3.62. The van der Waals surface area contributed by atoms with Crippen molar-refractivity contribution in [2.24, 2.45) is 11.7 Å². The lowest BCUT2D eigenvalue weighted by atomic mass is 10.0. The smallest absolute Gasteiger partial charge is 0.139 e. The molecule has 1 aliphatic carbocycles. The number of hydrogen-bond donors (Lipinski definition) is 1. The van der Waals surface area contributed by atoms with Gasteiger partial charge in [-0.25, -0.2) is 4.39 Å². The number of hydrogen-bond acceptors (Lipinski definition) is 3. The number of benzene rings is 1. The monoisotopic (exact) mass is 297 g/mol. The molecule has 5 heteroatoms. The Hall–Kier alpha value is -1.52. The van der Waals surface area contributed by atoms with E-state index in [9.17, 15) is 4.39 Å². The van der Waals surface area contributed by atoms with Crippen molar-refractivity contribution < 1.29 is 13.5 Å². The van der Waals surface area contributed by atoms with Crippen molar-refractivity contribution in [1.29, 1.82) is 0 Å². The Bertz CT molecular complexity index is 625. The summed E-state index contributed by atoms with van der Waals surface area (Å²) in [5, 5.41) is 1.03. The Morgan fingerprint density at radius 3 is 2.90 bits per heavy atom. The average Bonchev–Trinajstić information content (AvgIpc) is 3.02. The molecule has 3 rings (SSSR count). The Kier molecular flexibility index (Phi) is 4.35. The van der Waals surface area contributed by atoms with Crippen molar-refractivity contribution >= 4 is 23.4 Å². The van der Waals surface area contributed by atoms with Gasteiger partial charge in [-0.3, -0.25) is 0 Å². The first-order valence-electron chi connectivity index (χ1n) is 6.37. The van der Waals surface area contributed by atoms with Crippen LogP contribution in [-0.4, -0.2) is 13.2 Å². The van der Waals surface area contributed by atoms with Crippen LogP contribution in [0.25, 0.3) is 11.0 Å². The molecule has 0 unspecified atom stereocenters. The molecule has 1 aromatic carbocycles. The SMILES string of the molecule is C=C(F)COc1ccc2occc2c1[C@@H]1C[C@H]1CN.Cl. The minimum atomic E-state index is -0.482. The van der Waals surface area contributed by atoms with Gasteiger partial charge in [-0.05, 0) is 43.0 Å². The predicted octanol–water partition coefficient (Wildman–Crippen LogP) is 3.78. The van der Waals surface area contributed by atoms with E-state index in [0.717, 1.165) is 23.0 Å². The van der Waals surface area contributed by atoms with Crippen molar-refractivity contribution in [2.75, 3.05) is 13.2 Å². The van der Waals surface area contributed by atoms with Gasteiger partial charge in [0.2, 0.25) is 0 Å². The van der Waals surface area contributed by atoms with Gasteiger partial charge in [0.1, 0.15) is 23.8 Å². The Morgan fingerprint density at radius 1 is 1.45 bits per heavy atom. The van der Waals surface area contributed by atoms with E-state index in [1.807, 2.05) is 18.2 Å². The third-order valence-electron chi connectivity index (χ3n) is 3.62. The zero-order valence-electron chi connectivity index (χ0n) is 11.0. The highest BCUT2D eigenvalue weighted by Crippen LogP contribution is 2.52. The van der Waals surface area contributed by atoms with E-state index >= 15 is 0 Å². The molecule has 0 amide bonds. The van der Waals surface area contributed by atoms with Crippen molar-refractivity contribution in [3.63, 3.8) is 0 Å². The molecule has 0 aliphatic heterocycles. The number of nitrogens with two attached hydrogens (primary N) is 1. The van der Waals surface area contributed by atoms with E-state index in [-0.39, 0.29) is 19.0 Å². The van der Waals surface area contributed by atoms with E-state index in [4.69, 9.17) is 14.9 Å². The maximum absolute atomic E-state index is 12.8. The van der Waals surface area contributed by atoms with Crippen LogP contribution in [0.15, 0.2) is 41.3 Å². The summed E-state index contributed by atoms with van der Waals surface area (Å²) >= 11 is 0. The first kappa shape index (κ1) is 14.9. The van der Waals surface area contributed by atoms with Gasteiger partial charge >= 0.3 is 0 Å². The van der Waals surface area contributed by atoms with Crippen LogP contribution in [0.2, 0.25) is 0 Å². The fraction of sp³-hybridized carbons (Fsp3) is 0.333. The highest BCUT2D eigenvalue weighted by Gasteiger charge is 2.40. The summed E-state index contributed by atoms with van der Waals surface area (Å²) in [6.45, 7) is 3.76. The molecule has 1 aliphatic rings. The zero-order chi connectivity index (χ0) is 13.4. The summed E-state index contributed by atoms with van der Waals surface area (Å²) in [5.41, 5.74) is 7.62. The van der Waals surface area contributed by atoms with E-state index in [1.165, 1.54) is 0 Å². The molecule has 1 heterocycles. The van der Waals surface area contributed by atoms with Crippen LogP contribution in [0.4, 0.5) is 4.39 Å². The van der Waals surface area contributed by atoms with Crippen LogP contribution in [-0.2, 0) is 0 Å². The second kappa shape index (κ2) is 5.85. The summed E-state index contributed by atoms with van der Waals surface area (Å²) in [4.78, 5) is 0. The molecule has 1 fully saturated rings. The Labute approximate surface area is 123 Å². The molecule has 0 spiro atoms. The lowest BCUT2D eigenvalue weighted by Gasteiger charge is -2.11. The van der Waals surface area contributed by atoms with Crippen molar-refractivity contribution in [3.8, 4) is 5.75 Å². The first-order valence-corrected chi connectivity index (χ1v) is 6.37. The van der Waals surface area contributed by atoms with Crippen LogP contribution >= 0.6 is 12.4 Å². The fourth-order valence-electron chi connectivity index (χ4n) is 2.57. The minimum Gasteiger partial charge on any atom is -0.486 e. The largest absolute Gasteiger partial charge is 0.486 e.